The molecule has 1 unspecified atom stereocenters. The number of hydrogen-bond acceptors (Lipinski definition) is 3. The number of methoxy groups -OCH3 is 2. The van der Waals surface area contributed by atoms with Crippen LogP contribution in [0.3, 0.4) is 0 Å². The molecule has 0 fully saturated rings. The van der Waals surface area contributed by atoms with Crippen LogP contribution in [0, 0.1) is 35.0 Å². The summed E-state index contributed by atoms with van der Waals surface area (Å²) in [7, 11) is 2.90. The molecule has 1 atom stereocenters. The van der Waals surface area contributed by atoms with Gasteiger partial charge in [0.25, 0.3) is 0 Å². The standard InChI is InChI=1S/C21H31F5N2O3/c1-5-6-7-8-9-10-11-13(21(2,30-3)31-4)12-27-20(29)28-19-17(25)15(23)14(22)16(24)18(19)26/h13H,5-12H2,1-4H3,(H2,27,28,29). The van der Waals surface area contributed by atoms with Crippen molar-refractivity contribution in [3.8, 4) is 0 Å². The number of benzene rings is 1. The minimum atomic E-state index is -2.30. The van der Waals surface area contributed by atoms with Gasteiger partial charge in [0.1, 0.15) is 5.69 Å². The molecule has 0 aliphatic carbocycles. The van der Waals surface area contributed by atoms with Crippen LogP contribution in [-0.2, 0) is 9.47 Å². The molecule has 2 N–H and O–H groups in total. The van der Waals surface area contributed by atoms with E-state index in [1.807, 2.05) is 0 Å². The lowest BCUT2D eigenvalue weighted by atomic mass is 9.92. The summed E-state index contributed by atoms with van der Waals surface area (Å²) in [6.45, 7) is 3.81. The molecular weight excluding hydrogens is 423 g/mol. The molecule has 0 aliphatic rings. The number of ether oxygens (including phenoxy) is 2. The predicted molar refractivity (Wildman–Crippen MR) is 107 cm³/mol. The second-order valence-corrected chi connectivity index (χ2v) is 7.46. The van der Waals surface area contributed by atoms with Crippen LogP contribution in [0.1, 0.15) is 58.8 Å². The first-order valence-electron chi connectivity index (χ1n) is 10.3. The van der Waals surface area contributed by atoms with Crippen molar-refractivity contribution in [1.29, 1.82) is 0 Å². The number of anilines is 1. The zero-order valence-electron chi connectivity index (χ0n) is 18.3. The van der Waals surface area contributed by atoms with Crippen LogP contribution in [0.4, 0.5) is 32.4 Å². The fourth-order valence-electron chi connectivity index (χ4n) is 3.23. The third-order valence-corrected chi connectivity index (χ3v) is 5.42. The van der Waals surface area contributed by atoms with Crippen molar-refractivity contribution in [2.24, 2.45) is 5.92 Å². The average Bonchev–Trinajstić information content (AvgIpc) is 2.77. The Kier molecular flexibility index (Phi) is 11.2. The van der Waals surface area contributed by atoms with Gasteiger partial charge in [-0.2, -0.15) is 0 Å². The van der Waals surface area contributed by atoms with Gasteiger partial charge < -0.3 is 20.1 Å². The van der Waals surface area contributed by atoms with E-state index in [1.54, 1.807) is 12.2 Å². The number of hydrogen-bond donors (Lipinski definition) is 2. The monoisotopic (exact) mass is 454 g/mol. The van der Waals surface area contributed by atoms with E-state index < -0.39 is 46.6 Å². The van der Waals surface area contributed by atoms with Crippen molar-refractivity contribution >= 4 is 11.7 Å². The Labute approximate surface area is 179 Å². The fourth-order valence-corrected chi connectivity index (χ4v) is 3.23. The quantitative estimate of drug-likeness (QED) is 0.129. The number of amides is 2. The van der Waals surface area contributed by atoms with Crippen LogP contribution < -0.4 is 10.6 Å². The smallest absolute Gasteiger partial charge is 0.319 e. The van der Waals surface area contributed by atoms with Crippen LogP contribution in [0.15, 0.2) is 0 Å². The first-order valence-corrected chi connectivity index (χ1v) is 10.3. The zero-order chi connectivity index (χ0) is 23.6. The third-order valence-electron chi connectivity index (χ3n) is 5.42. The third kappa shape index (κ3) is 7.31. The van der Waals surface area contributed by atoms with E-state index >= 15 is 0 Å². The van der Waals surface area contributed by atoms with Crippen molar-refractivity contribution in [2.75, 3.05) is 26.1 Å². The molecule has 2 amide bonds. The molecule has 10 heteroatoms. The normalized spacial score (nSPS) is 12.7. The summed E-state index contributed by atoms with van der Waals surface area (Å²) in [4.78, 5) is 12.1. The predicted octanol–water partition coefficient (Wildman–Crippen LogP) is 5.88. The van der Waals surface area contributed by atoms with Crippen LogP contribution >= 0.6 is 0 Å². The number of rotatable bonds is 13. The van der Waals surface area contributed by atoms with Gasteiger partial charge in [0, 0.05) is 26.7 Å². The highest BCUT2D eigenvalue weighted by Crippen LogP contribution is 2.28. The van der Waals surface area contributed by atoms with Crippen LogP contribution in [0.5, 0.6) is 0 Å². The lowest BCUT2D eigenvalue weighted by molar-refractivity contribution is -0.227. The topological polar surface area (TPSA) is 59.6 Å². The first kappa shape index (κ1) is 27.1. The summed E-state index contributed by atoms with van der Waals surface area (Å²) in [5, 5.41) is 4.09. The average molecular weight is 454 g/mol. The Morgan fingerprint density at radius 1 is 0.871 bits per heavy atom. The Morgan fingerprint density at radius 3 is 1.87 bits per heavy atom. The summed E-state index contributed by atoms with van der Waals surface area (Å²) < 4.78 is 78.1. The van der Waals surface area contributed by atoms with E-state index in [2.05, 4.69) is 12.2 Å². The van der Waals surface area contributed by atoms with Crippen molar-refractivity contribution in [3.05, 3.63) is 29.1 Å². The Morgan fingerprint density at radius 2 is 1.35 bits per heavy atom. The van der Waals surface area contributed by atoms with Crippen molar-refractivity contribution in [1.82, 2.24) is 5.32 Å². The minimum Gasteiger partial charge on any atom is -0.353 e. The summed E-state index contributed by atoms with van der Waals surface area (Å²) in [5.74, 6) is -12.2. The molecule has 1 aromatic carbocycles. The molecule has 5 nitrogen and oxygen atoms in total. The van der Waals surface area contributed by atoms with E-state index in [0.717, 1.165) is 38.5 Å². The molecule has 0 saturated heterocycles. The summed E-state index contributed by atoms with van der Waals surface area (Å²) in [5.41, 5.74) is -1.41. The highest BCUT2D eigenvalue weighted by molar-refractivity contribution is 5.89. The zero-order valence-corrected chi connectivity index (χ0v) is 18.3. The van der Waals surface area contributed by atoms with Crippen molar-refractivity contribution in [2.45, 2.75) is 64.6 Å². The van der Waals surface area contributed by atoms with Crippen LogP contribution in [0.2, 0.25) is 0 Å². The second-order valence-electron chi connectivity index (χ2n) is 7.46. The van der Waals surface area contributed by atoms with Gasteiger partial charge in [-0.25, -0.2) is 26.7 Å². The molecular formula is C21H31F5N2O3. The SMILES string of the molecule is CCCCCCCCC(CNC(=O)Nc1c(F)c(F)c(F)c(F)c1F)C(C)(OC)OC. The minimum absolute atomic E-state index is 0.00558. The van der Waals surface area contributed by atoms with Crippen LogP contribution in [-0.4, -0.2) is 32.6 Å². The Balaban J connectivity index is 2.78. The molecule has 0 heterocycles. The number of carbonyl (C=O) groups excluding carboxylic acids is 1. The summed E-state index contributed by atoms with van der Waals surface area (Å²) in [6.07, 6.45) is 6.97. The molecule has 0 aliphatic heterocycles. The Hall–Kier alpha value is -1.94. The number of urea groups is 1. The van der Waals surface area contributed by atoms with Gasteiger partial charge >= 0.3 is 6.03 Å². The number of nitrogens with one attached hydrogen (secondary N) is 2. The molecule has 1 aromatic rings. The molecule has 0 saturated carbocycles. The first-order chi connectivity index (χ1) is 14.6. The van der Waals surface area contributed by atoms with Crippen LogP contribution in [0.25, 0.3) is 0 Å². The van der Waals surface area contributed by atoms with Crippen molar-refractivity contribution in [3.63, 3.8) is 0 Å². The molecule has 0 spiro atoms. The maximum Gasteiger partial charge on any atom is 0.319 e. The van der Waals surface area contributed by atoms with Gasteiger partial charge in [-0.3, -0.25) is 0 Å². The van der Waals surface area contributed by atoms with Gasteiger partial charge in [0.15, 0.2) is 29.1 Å². The van der Waals surface area contributed by atoms with E-state index in [1.165, 1.54) is 14.2 Å². The lowest BCUT2D eigenvalue weighted by Crippen LogP contribution is -2.46. The lowest BCUT2D eigenvalue weighted by Gasteiger charge is -2.35. The largest absolute Gasteiger partial charge is 0.353 e. The molecule has 31 heavy (non-hydrogen) atoms. The summed E-state index contributed by atoms with van der Waals surface area (Å²) in [6, 6.07) is -1.12. The van der Waals surface area contributed by atoms with Gasteiger partial charge in [-0.05, 0) is 13.3 Å². The maximum absolute atomic E-state index is 13.8. The Bertz CT molecular complexity index is 700. The molecule has 0 radical (unpaired) electrons. The van der Waals surface area contributed by atoms with E-state index in [0.29, 0.717) is 6.42 Å². The molecule has 0 aromatic heterocycles. The van der Waals surface area contributed by atoms with E-state index in [9.17, 15) is 26.7 Å². The fraction of sp³-hybridized carbons (Fsp3) is 0.667. The van der Waals surface area contributed by atoms with Crippen molar-refractivity contribution < 1.29 is 36.2 Å². The van der Waals surface area contributed by atoms with Gasteiger partial charge in [0.05, 0.1) is 0 Å². The number of unbranched alkanes of at least 4 members (excludes halogenated alkanes) is 5. The molecule has 178 valence electrons. The highest BCUT2D eigenvalue weighted by Gasteiger charge is 2.34. The highest BCUT2D eigenvalue weighted by atomic mass is 19.2. The number of carbonyl (C=O) groups is 1. The summed E-state index contributed by atoms with van der Waals surface area (Å²) >= 11 is 0. The van der Waals surface area contributed by atoms with Gasteiger partial charge in [-0.15, -0.1) is 0 Å². The van der Waals surface area contributed by atoms with E-state index in [4.69, 9.17) is 9.47 Å². The molecule has 1 rings (SSSR count). The number of halogens is 5. The molecule has 0 bridgehead atoms. The van der Waals surface area contributed by atoms with Gasteiger partial charge in [0.2, 0.25) is 5.82 Å². The second kappa shape index (κ2) is 12.8. The maximum atomic E-state index is 13.8. The van der Waals surface area contributed by atoms with Gasteiger partial charge in [-0.1, -0.05) is 45.4 Å². The van der Waals surface area contributed by atoms with E-state index in [-0.39, 0.29) is 12.5 Å².